The molecule has 0 radical (unpaired) electrons. The van der Waals surface area contributed by atoms with Gasteiger partial charge in [-0.1, -0.05) is 30.3 Å². The van der Waals surface area contributed by atoms with Gasteiger partial charge in [-0.2, -0.15) is 5.10 Å². The van der Waals surface area contributed by atoms with E-state index in [0.29, 0.717) is 51.9 Å². The standard InChI is InChI=1S/C24H24BrN3O5/c1-30-20-10-6-7-11-21(20)32-12-13-33-23-19(25)14-17(15-22(23)31-2)16-26-28-24(29)27-18-8-4-3-5-9-18/h3-11,14-16H,12-13H2,1-2H3,(H2,27,28,29)/b26-16+. The molecule has 0 atom stereocenters. The van der Waals surface area contributed by atoms with Gasteiger partial charge in [-0.05, 0) is 57.9 Å². The number of hydrazone groups is 1. The number of halogens is 1. The van der Waals surface area contributed by atoms with Gasteiger partial charge in [-0.25, -0.2) is 10.2 Å². The summed E-state index contributed by atoms with van der Waals surface area (Å²) in [5.41, 5.74) is 3.80. The third-order valence-electron chi connectivity index (χ3n) is 4.32. The number of amides is 2. The lowest BCUT2D eigenvalue weighted by molar-refractivity contribution is 0.205. The lowest BCUT2D eigenvalue weighted by Gasteiger charge is -2.14. The molecule has 0 aliphatic heterocycles. The van der Waals surface area contributed by atoms with Crippen LogP contribution in [0.1, 0.15) is 5.56 Å². The summed E-state index contributed by atoms with van der Waals surface area (Å²) in [5.74, 6) is 2.35. The van der Waals surface area contributed by atoms with Gasteiger partial charge in [0.2, 0.25) is 0 Å². The van der Waals surface area contributed by atoms with Gasteiger partial charge in [0.15, 0.2) is 23.0 Å². The molecule has 0 aromatic heterocycles. The topological polar surface area (TPSA) is 90.4 Å². The molecule has 8 nitrogen and oxygen atoms in total. The molecular weight excluding hydrogens is 490 g/mol. The second-order valence-corrected chi connectivity index (χ2v) is 7.43. The van der Waals surface area contributed by atoms with E-state index in [-0.39, 0.29) is 0 Å². The summed E-state index contributed by atoms with van der Waals surface area (Å²) in [6.45, 7) is 0.612. The summed E-state index contributed by atoms with van der Waals surface area (Å²) >= 11 is 3.50. The Morgan fingerprint density at radius 2 is 1.58 bits per heavy atom. The van der Waals surface area contributed by atoms with E-state index >= 15 is 0 Å². The number of ether oxygens (including phenoxy) is 4. The molecule has 0 spiro atoms. The number of para-hydroxylation sites is 3. The molecule has 0 heterocycles. The van der Waals surface area contributed by atoms with Crippen molar-refractivity contribution in [1.82, 2.24) is 5.43 Å². The van der Waals surface area contributed by atoms with E-state index in [9.17, 15) is 4.79 Å². The number of rotatable bonds is 10. The minimum absolute atomic E-state index is 0.293. The van der Waals surface area contributed by atoms with Crippen LogP contribution < -0.4 is 29.7 Å². The van der Waals surface area contributed by atoms with Gasteiger partial charge in [0.05, 0.1) is 24.9 Å². The quantitative estimate of drug-likeness (QED) is 0.224. The molecule has 2 amide bonds. The zero-order chi connectivity index (χ0) is 23.5. The van der Waals surface area contributed by atoms with Crippen molar-refractivity contribution in [2.24, 2.45) is 5.10 Å². The van der Waals surface area contributed by atoms with E-state index in [1.54, 1.807) is 38.5 Å². The van der Waals surface area contributed by atoms with Crippen LogP contribution >= 0.6 is 15.9 Å². The van der Waals surface area contributed by atoms with Crippen molar-refractivity contribution >= 4 is 33.9 Å². The molecule has 172 valence electrons. The van der Waals surface area contributed by atoms with Gasteiger partial charge in [-0.15, -0.1) is 0 Å². The summed E-state index contributed by atoms with van der Waals surface area (Å²) in [7, 11) is 3.14. The fourth-order valence-electron chi connectivity index (χ4n) is 2.83. The number of nitrogens with one attached hydrogen (secondary N) is 2. The Kier molecular flexibility index (Phi) is 8.96. The van der Waals surface area contributed by atoms with Gasteiger partial charge in [0.1, 0.15) is 13.2 Å². The summed E-state index contributed by atoms with van der Waals surface area (Å²) in [5, 5.41) is 6.65. The third kappa shape index (κ3) is 7.15. The maximum absolute atomic E-state index is 11.9. The SMILES string of the molecule is COc1ccccc1OCCOc1c(Br)cc(/C=N/NC(=O)Nc2ccccc2)cc1OC. The number of methoxy groups -OCH3 is 2. The van der Waals surface area contributed by atoms with E-state index in [1.807, 2.05) is 42.5 Å². The average Bonchev–Trinajstić information content (AvgIpc) is 2.83. The molecule has 0 saturated heterocycles. The molecule has 3 aromatic rings. The average molecular weight is 514 g/mol. The monoisotopic (exact) mass is 513 g/mol. The second-order valence-electron chi connectivity index (χ2n) is 6.57. The number of anilines is 1. The van der Waals surface area contributed by atoms with Gasteiger partial charge in [0, 0.05) is 5.69 Å². The minimum atomic E-state index is -0.446. The van der Waals surface area contributed by atoms with E-state index < -0.39 is 6.03 Å². The van der Waals surface area contributed by atoms with E-state index in [2.05, 4.69) is 31.8 Å². The number of hydrogen-bond donors (Lipinski definition) is 2. The summed E-state index contributed by atoms with van der Waals surface area (Å²) in [6.07, 6.45) is 1.51. The zero-order valence-electron chi connectivity index (χ0n) is 18.2. The van der Waals surface area contributed by atoms with Crippen LogP contribution in [-0.2, 0) is 0 Å². The first-order chi connectivity index (χ1) is 16.1. The summed E-state index contributed by atoms with van der Waals surface area (Å²) in [6, 6.07) is 19.6. The maximum atomic E-state index is 11.9. The van der Waals surface area contributed by atoms with Crippen molar-refractivity contribution in [3.05, 3.63) is 76.8 Å². The highest BCUT2D eigenvalue weighted by molar-refractivity contribution is 9.10. The van der Waals surface area contributed by atoms with Crippen LogP contribution in [0.25, 0.3) is 0 Å². The van der Waals surface area contributed by atoms with Crippen molar-refractivity contribution in [2.75, 3.05) is 32.8 Å². The fourth-order valence-corrected chi connectivity index (χ4v) is 3.41. The predicted molar refractivity (Wildman–Crippen MR) is 131 cm³/mol. The summed E-state index contributed by atoms with van der Waals surface area (Å²) in [4.78, 5) is 11.9. The molecule has 33 heavy (non-hydrogen) atoms. The molecular formula is C24H24BrN3O5. The smallest absolute Gasteiger partial charge is 0.339 e. The lowest BCUT2D eigenvalue weighted by Crippen LogP contribution is -2.24. The van der Waals surface area contributed by atoms with Crippen molar-refractivity contribution in [3.8, 4) is 23.0 Å². The van der Waals surface area contributed by atoms with Crippen LogP contribution in [0.5, 0.6) is 23.0 Å². The number of hydrogen-bond acceptors (Lipinski definition) is 6. The van der Waals surface area contributed by atoms with Gasteiger partial charge in [0.25, 0.3) is 0 Å². The molecule has 3 aromatic carbocycles. The highest BCUT2D eigenvalue weighted by atomic mass is 79.9. The normalized spacial score (nSPS) is 10.5. The molecule has 0 bridgehead atoms. The molecule has 0 saturated carbocycles. The van der Waals surface area contributed by atoms with Crippen molar-refractivity contribution in [2.45, 2.75) is 0 Å². The lowest BCUT2D eigenvalue weighted by atomic mass is 10.2. The Morgan fingerprint density at radius 1 is 0.909 bits per heavy atom. The fraction of sp³-hybridized carbons (Fsp3) is 0.167. The highest BCUT2D eigenvalue weighted by Gasteiger charge is 2.12. The first-order valence-electron chi connectivity index (χ1n) is 10.0. The number of nitrogens with zero attached hydrogens (tertiary/aromatic N) is 1. The molecule has 0 aliphatic rings. The molecule has 9 heteroatoms. The number of carbonyl (C=O) groups is 1. The zero-order valence-corrected chi connectivity index (χ0v) is 19.8. The van der Waals surface area contributed by atoms with Crippen LogP contribution in [-0.4, -0.2) is 39.7 Å². The number of urea groups is 1. The number of carbonyl (C=O) groups excluding carboxylic acids is 1. The number of benzene rings is 3. The Morgan fingerprint density at radius 3 is 2.30 bits per heavy atom. The van der Waals surface area contributed by atoms with Crippen LogP contribution in [0.15, 0.2) is 76.3 Å². The maximum Gasteiger partial charge on any atom is 0.339 e. The van der Waals surface area contributed by atoms with Crippen molar-refractivity contribution in [3.63, 3.8) is 0 Å². The van der Waals surface area contributed by atoms with Crippen LogP contribution in [0.3, 0.4) is 0 Å². The van der Waals surface area contributed by atoms with Crippen LogP contribution in [0.2, 0.25) is 0 Å². The van der Waals surface area contributed by atoms with E-state index in [1.165, 1.54) is 6.21 Å². The predicted octanol–water partition coefficient (Wildman–Crippen LogP) is 5.08. The van der Waals surface area contributed by atoms with Gasteiger partial charge >= 0.3 is 6.03 Å². The van der Waals surface area contributed by atoms with Crippen molar-refractivity contribution < 1.29 is 23.7 Å². The Labute approximate surface area is 200 Å². The first-order valence-corrected chi connectivity index (χ1v) is 10.8. The van der Waals surface area contributed by atoms with Gasteiger partial charge in [-0.3, -0.25) is 0 Å². The van der Waals surface area contributed by atoms with E-state index in [0.717, 1.165) is 0 Å². The molecule has 2 N–H and O–H groups in total. The van der Waals surface area contributed by atoms with Crippen LogP contribution in [0, 0.1) is 0 Å². The molecule has 0 unspecified atom stereocenters. The van der Waals surface area contributed by atoms with E-state index in [4.69, 9.17) is 18.9 Å². The molecule has 0 fully saturated rings. The third-order valence-corrected chi connectivity index (χ3v) is 4.91. The molecule has 3 rings (SSSR count). The Hall–Kier alpha value is -3.72. The highest BCUT2D eigenvalue weighted by Crippen LogP contribution is 2.36. The largest absolute Gasteiger partial charge is 0.493 e. The Bertz CT molecular complexity index is 1090. The first kappa shape index (κ1) is 23.9. The molecule has 0 aliphatic carbocycles. The second kappa shape index (κ2) is 12.4. The van der Waals surface area contributed by atoms with Gasteiger partial charge < -0.3 is 24.3 Å². The van der Waals surface area contributed by atoms with Crippen LogP contribution in [0.4, 0.5) is 10.5 Å². The summed E-state index contributed by atoms with van der Waals surface area (Å²) < 4.78 is 23.0. The minimum Gasteiger partial charge on any atom is -0.493 e. The van der Waals surface area contributed by atoms with Crippen molar-refractivity contribution in [1.29, 1.82) is 0 Å². The Balaban J connectivity index is 1.55.